The molecule has 0 aliphatic heterocycles. The van der Waals surface area contributed by atoms with Gasteiger partial charge in [-0.1, -0.05) is 6.07 Å². The lowest BCUT2D eigenvalue weighted by atomic mass is 9.79. The van der Waals surface area contributed by atoms with Gasteiger partial charge in [-0.15, -0.1) is 0 Å². The van der Waals surface area contributed by atoms with Crippen molar-refractivity contribution >= 4 is 0 Å². The Morgan fingerprint density at radius 2 is 1.75 bits per heavy atom. The quantitative estimate of drug-likeness (QED) is 0.821. The molecule has 2 N–H and O–H groups in total. The molecule has 0 aromatic heterocycles. The first-order valence-corrected chi connectivity index (χ1v) is 5.85. The SMILES string of the molecule is NCC1CCC(c2ccc(F)c(F)c2)CC1. The van der Waals surface area contributed by atoms with E-state index in [1.807, 2.05) is 0 Å². The summed E-state index contributed by atoms with van der Waals surface area (Å²) in [7, 11) is 0. The van der Waals surface area contributed by atoms with Crippen LogP contribution in [0.3, 0.4) is 0 Å². The predicted molar refractivity (Wildman–Crippen MR) is 60.1 cm³/mol. The maximum absolute atomic E-state index is 13.1. The van der Waals surface area contributed by atoms with Gasteiger partial charge in [0, 0.05) is 0 Å². The van der Waals surface area contributed by atoms with Gasteiger partial charge in [-0.05, 0) is 61.8 Å². The van der Waals surface area contributed by atoms with Crippen LogP contribution in [0.25, 0.3) is 0 Å². The molecule has 0 heterocycles. The number of nitrogens with two attached hydrogens (primary N) is 1. The summed E-state index contributed by atoms with van der Waals surface area (Å²) >= 11 is 0. The molecule has 1 aromatic carbocycles. The summed E-state index contributed by atoms with van der Waals surface area (Å²) < 4.78 is 25.9. The van der Waals surface area contributed by atoms with Crippen LogP contribution in [-0.4, -0.2) is 6.54 Å². The third-order valence-corrected chi connectivity index (χ3v) is 3.60. The van der Waals surface area contributed by atoms with Crippen LogP contribution < -0.4 is 5.73 Å². The highest BCUT2D eigenvalue weighted by Gasteiger charge is 2.22. The van der Waals surface area contributed by atoms with Crippen LogP contribution in [0, 0.1) is 17.6 Å². The van der Waals surface area contributed by atoms with Gasteiger partial charge in [0.25, 0.3) is 0 Å². The van der Waals surface area contributed by atoms with E-state index in [2.05, 4.69) is 0 Å². The molecule has 1 fully saturated rings. The van der Waals surface area contributed by atoms with Gasteiger partial charge in [0.15, 0.2) is 11.6 Å². The number of rotatable bonds is 2. The van der Waals surface area contributed by atoms with Gasteiger partial charge in [-0.2, -0.15) is 0 Å². The van der Waals surface area contributed by atoms with Crippen LogP contribution >= 0.6 is 0 Å². The van der Waals surface area contributed by atoms with Crippen LogP contribution in [0.4, 0.5) is 8.78 Å². The normalized spacial score (nSPS) is 25.7. The van der Waals surface area contributed by atoms with E-state index >= 15 is 0 Å². The maximum Gasteiger partial charge on any atom is 0.159 e. The predicted octanol–water partition coefficient (Wildman–Crippen LogP) is 3.20. The second-order valence-corrected chi connectivity index (χ2v) is 4.63. The zero-order valence-electron chi connectivity index (χ0n) is 9.26. The van der Waals surface area contributed by atoms with Crippen molar-refractivity contribution in [3.8, 4) is 0 Å². The van der Waals surface area contributed by atoms with Crippen molar-refractivity contribution in [3.63, 3.8) is 0 Å². The van der Waals surface area contributed by atoms with Crippen molar-refractivity contribution in [2.24, 2.45) is 11.7 Å². The number of benzene rings is 1. The first-order chi connectivity index (χ1) is 7.70. The van der Waals surface area contributed by atoms with Crippen LogP contribution in [0.15, 0.2) is 18.2 Å². The second-order valence-electron chi connectivity index (χ2n) is 4.63. The van der Waals surface area contributed by atoms with Crippen LogP contribution in [0.2, 0.25) is 0 Å². The molecule has 0 unspecified atom stereocenters. The Morgan fingerprint density at radius 1 is 1.06 bits per heavy atom. The lowest BCUT2D eigenvalue weighted by Crippen LogP contribution is -2.20. The molecule has 0 bridgehead atoms. The van der Waals surface area contributed by atoms with Gasteiger partial charge in [0.1, 0.15) is 0 Å². The molecule has 1 aliphatic carbocycles. The fraction of sp³-hybridized carbons (Fsp3) is 0.538. The fourth-order valence-electron chi connectivity index (χ4n) is 2.50. The van der Waals surface area contributed by atoms with Gasteiger partial charge in [-0.3, -0.25) is 0 Å². The van der Waals surface area contributed by atoms with Crippen LogP contribution in [-0.2, 0) is 0 Å². The minimum atomic E-state index is -0.764. The first kappa shape index (κ1) is 11.5. The van der Waals surface area contributed by atoms with Crippen molar-refractivity contribution in [1.29, 1.82) is 0 Å². The number of hydrogen-bond acceptors (Lipinski definition) is 1. The van der Waals surface area contributed by atoms with E-state index < -0.39 is 11.6 Å². The topological polar surface area (TPSA) is 26.0 Å². The molecule has 3 heteroatoms. The molecule has 1 aromatic rings. The summed E-state index contributed by atoms with van der Waals surface area (Å²) in [4.78, 5) is 0. The standard InChI is InChI=1S/C13H17F2N/c14-12-6-5-11(7-13(12)15)10-3-1-9(8-16)2-4-10/h5-7,9-10H,1-4,8,16H2. The monoisotopic (exact) mass is 225 g/mol. The minimum Gasteiger partial charge on any atom is -0.330 e. The van der Waals surface area contributed by atoms with Gasteiger partial charge < -0.3 is 5.73 Å². The molecular formula is C13H17F2N. The summed E-state index contributed by atoms with van der Waals surface area (Å²) in [6.07, 6.45) is 4.26. The van der Waals surface area contributed by atoms with Crippen molar-refractivity contribution in [2.75, 3.05) is 6.54 Å². The summed E-state index contributed by atoms with van der Waals surface area (Å²) in [6.45, 7) is 0.741. The third-order valence-electron chi connectivity index (χ3n) is 3.60. The zero-order chi connectivity index (χ0) is 11.5. The molecule has 1 aliphatic rings. The number of hydrogen-bond donors (Lipinski definition) is 1. The maximum atomic E-state index is 13.1. The highest BCUT2D eigenvalue weighted by molar-refractivity contribution is 5.22. The zero-order valence-corrected chi connectivity index (χ0v) is 9.26. The molecule has 2 rings (SSSR count). The highest BCUT2D eigenvalue weighted by atomic mass is 19.2. The summed E-state index contributed by atoms with van der Waals surface area (Å²) in [5, 5.41) is 0. The summed E-state index contributed by atoms with van der Waals surface area (Å²) in [6, 6.07) is 4.26. The van der Waals surface area contributed by atoms with Gasteiger partial charge in [0.05, 0.1) is 0 Å². The molecule has 16 heavy (non-hydrogen) atoms. The Labute approximate surface area is 94.7 Å². The third kappa shape index (κ3) is 2.40. The Bertz CT molecular complexity index is 357. The molecule has 0 amide bonds. The molecule has 0 saturated heterocycles. The Morgan fingerprint density at radius 3 is 2.31 bits per heavy atom. The van der Waals surface area contributed by atoms with E-state index in [4.69, 9.17) is 5.73 Å². The fourth-order valence-corrected chi connectivity index (χ4v) is 2.50. The van der Waals surface area contributed by atoms with E-state index in [0.717, 1.165) is 37.8 Å². The molecule has 0 atom stereocenters. The molecule has 88 valence electrons. The Kier molecular flexibility index (Phi) is 3.54. The summed E-state index contributed by atoms with van der Waals surface area (Å²) in [5.41, 5.74) is 6.55. The van der Waals surface area contributed by atoms with E-state index in [0.29, 0.717) is 11.8 Å². The molecule has 1 nitrogen and oxygen atoms in total. The lowest BCUT2D eigenvalue weighted by Gasteiger charge is -2.27. The van der Waals surface area contributed by atoms with Crippen molar-refractivity contribution < 1.29 is 8.78 Å². The Hall–Kier alpha value is -0.960. The van der Waals surface area contributed by atoms with Crippen molar-refractivity contribution in [1.82, 2.24) is 0 Å². The van der Waals surface area contributed by atoms with Crippen molar-refractivity contribution in [2.45, 2.75) is 31.6 Å². The average Bonchev–Trinajstić information content (AvgIpc) is 2.33. The minimum absolute atomic E-state index is 0.373. The van der Waals surface area contributed by atoms with E-state index in [-0.39, 0.29) is 0 Å². The first-order valence-electron chi connectivity index (χ1n) is 5.85. The van der Waals surface area contributed by atoms with E-state index in [9.17, 15) is 8.78 Å². The van der Waals surface area contributed by atoms with Gasteiger partial charge in [-0.25, -0.2) is 8.78 Å². The van der Waals surface area contributed by atoms with Crippen LogP contribution in [0.5, 0.6) is 0 Å². The van der Waals surface area contributed by atoms with Crippen molar-refractivity contribution in [3.05, 3.63) is 35.4 Å². The smallest absolute Gasteiger partial charge is 0.159 e. The van der Waals surface area contributed by atoms with E-state index in [1.165, 1.54) is 12.1 Å². The molecule has 0 radical (unpaired) electrons. The molecular weight excluding hydrogens is 208 g/mol. The molecule has 0 spiro atoms. The average molecular weight is 225 g/mol. The van der Waals surface area contributed by atoms with Gasteiger partial charge >= 0.3 is 0 Å². The lowest BCUT2D eigenvalue weighted by molar-refractivity contribution is 0.332. The second kappa shape index (κ2) is 4.91. The largest absolute Gasteiger partial charge is 0.330 e. The van der Waals surface area contributed by atoms with E-state index in [1.54, 1.807) is 6.07 Å². The molecule has 1 saturated carbocycles. The number of halogens is 2. The van der Waals surface area contributed by atoms with Crippen LogP contribution in [0.1, 0.15) is 37.2 Å². The van der Waals surface area contributed by atoms with Gasteiger partial charge in [0.2, 0.25) is 0 Å². The Balaban J connectivity index is 2.05. The summed E-state index contributed by atoms with van der Waals surface area (Å²) in [5.74, 6) is -0.516. The highest BCUT2D eigenvalue weighted by Crippen LogP contribution is 2.35.